The van der Waals surface area contributed by atoms with Crippen molar-refractivity contribution in [2.45, 2.75) is 13.3 Å². The second-order valence-electron chi connectivity index (χ2n) is 5.73. The first-order valence-corrected chi connectivity index (χ1v) is 7.96. The van der Waals surface area contributed by atoms with Gasteiger partial charge in [-0.15, -0.1) is 0 Å². The van der Waals surface area contributed by atoms with Gasteiger partial charge in [0.05, 0.1) is 16.8 Å². The zero-order chi connectivity index (χ0) is 18.1. The van der Waals surface area contributed by atoms with Crippen LogP contribution in [0.5, 0.6) is 0 Å². The van der Waals surface area contributed by atoms with Crippen LogP contribution < -0.4 is 5.32 Å². The molecule has 7 heteroatoms. The molecule has 3 rings (SSSR count). The minimum atomic E-state index is -0.656. The number of carbonyl (C=O) groups is 3. The van der Waals surface area contributed by atoms with E-state index in [-0.39, 0.29) is 23.7 Å². The zero-order valence-electron chi connectivity index (χ0n) is 13.3. The third-order valence-electron chi connectivity index (χ3n) is 3.89. The van der Waals surface area contributed by atoms with E-state index in [4.69, 9.17) is 11.6 Å². The normalized spacial score (nSPS) is 13.2. The number of aryl methyl sites for hydroxylation is 1. The van der Waals surface area contributed by atoms with E-state index in [1.54, 1.807) is 18.2 Å². The van der Waals surface area contributed by atoms with Crippen LogP contribution in [0.3, 0.4) is 0 Å². The van der Waals surface area contributed by atoms with Crippen LogP contribution in [-0.4, -0.2) is 29.2 Å². The number of hydrogen-bond donors (Lipinski definition) is 1. The average Bonchev–Trinajstić information content (AvgIpc) is 2.79. The molecule has 0 fully saturated rings. The minimum Gasteiger partial charge on any atom is -0.324 e. The Morgan fingerprint density at radius 1 is 1.12 bits per heavy atom. The summed E-state index contributed by atoms with van der Waals surface area (Å²) in [5, 5.41) is 2.62. The van der Waals surface area contributed by atoms with Gasteiger partial charge >= 0.3 is 0 Å². The third kappa shape index (κ3) is 3.39. The Labute approximate surface area is 148 Å². The first-order valence-electron chi connectivity index (χ1n) is 7.58. The highest BCUT2D eigenvalue weighted by Gasteiger charge is 2.35. The van der Waals surface area contributed by atoms with E-state index in [0.717, 1.165) is 16.5 Å². The Hall–Kier alpha value is -2.73. The lowest BCUT2D eigenvalue weighted by atomic mass is 10.1. The standard InChI is InChI=1S/C18H14ClFN2O3/c1-10-2-4-12-13(8-10)18(25)22(17(12)24)7-6-16(23)21-15-5-3-11(19)9-14(15)20/h2-5,8-9H,6-7H2,1H3,(H,21,23). The van der Waals surface area contributed by atoms with Crippen LogP contribution in [0.4, 0.5) is 10.1 Å². The first-order chi connectivity index (χ1) is 11.9. The zero-order valence-corrected chi connectivity index (χ0v) is 14.1. The van der Waals surface area contributed by atoms with E-state index < -0.39 is 23.5 Å². The van der Waals surface area contributed by atoms with Gasteiger partial charge in [-0.25, -0.2) is 4.39 Å². The van der Waals surface area contributed by atoms with Crippen molar-refractivity contribution in [1.29, 1.82) is 0 Å². The Morgan fingerprint density at radius 2 is 1.84 bits per heavy atom. The predicted molar refractivity (Wildman–Crippen MR) is 91.2 cm³/mol. The van der Waals surface area contributed by atoms with Crippen molar-refractivity contribution in [3.05, 3.63) is 63.9 Å². The molecule has 1 aliphatic heterocycles. The molecule has 0 bridgehead atoms. The summed E-state index contributed by atoms with van der Waals surface area (Å²) in [4.78, 5) is 37.6. The van der Waals surface area contributed by atoms with Crippen LogP contribution in [0.2, 0.25) is 5.02 Å². The number of carbonyl (C=O) groups excluding carboxylic acids is 3. The number of halogens is 2. The summed E-state index contributed by atoms with van der Waals surface area (Å²) < 4.78 is 13.7. The number of benzene rings is 2. The number of imide groups is 1. The van der Waals surface area contributed by atoms with Crippen molar-refractivity contribution >= 4 is 35.0 Å². The van der Waals surface area contributed by atoms with E-state index in [2.05, 4.69) is 5.32 Å². The fraction of sp³-hybridized carbons (Fsp3) is 0.167. The number of nitrogens with one attached hydrogen (secondary N) is 1. The molecule has 1 heterocycles. The molecule has 0 atom stereocenters. The molecule has 0 unspecified atom stereocenters. The van der Waals surface area contributed by atoms with E-state index in [0.29, 0.717) is 11.1 Å². The fourth-order valence-electron chi connectivity index (χ4n) is 2.62. The molecular formula is C18H14ClFN2O3. The van der Waals surface area contributed by atoms with E-state index in [1.165, 1.54) is 12.1 Å². The maximum atomic E-state index is 13.7. The number of fused-ring (bicyclic) bond motifs is 1. The third-order valence-corrected chi connectivity index (χ3v) is 4.13. The Balaban J connectivity index is 1.65. The van der Waals surface area contributed by atoms with Crippen molar-refractivity contribution < 1.29 is 18.8 Å². The summed E-state index contributed by atoms with van der Waals surface area (Å²) in [5.41, 5.74) is 1.54. The molecular weight excluding hydrogens is 347 g/mol. The first kappa shape index (κ1) is 17.1. The lowest BCUT2D eigenvalue weighted by Gasteiger charge is -2.13. The van der Waals surface area contributed by atoms with Crippen LogP contribution in [0.15, 0.2) is 36.4 Å². The molecule has 1 aliphatic rings. The van der Waals surface area contributed by atoms with Crippen molar-refractivity contribution in [2.75, 3.05) is 11.9 Å². The number of anilines is 1. The SMILES string of the molecule is Cc1ccc2c(c1)C(=O)N(CCC(=O)Nc1ccc(Cl)cc1F)C2=O. The summed E-state index contributed by atoms with van der Waals surface area (Å²) in [6.45, 7) is 1.75. The Bertz CT molecular complexity index is 898. The van der Waals surface area contributed by atoms with Gasteiger partial charge in [0.25, 0.3) is 11.8 Å². The van der Waals surface area contributed by atoms with Gasteiger partial charge < -0.3 is 5.32 Å². The molecule has 0 aliphatic carbocycles. The van der Waals surface area contributed by atoms with E-state index >= 15 is 0 Å². The van der Waals surface area contributed by atoms with Crippen LogP contribution in [0, 0.1) is 12.7 Å². The maximum Gasteiger partial charge on any atom is 0.261 e. The van der Waals surface area contributed by atoms with Gasteiger partial charge in [-0.2, -0.15) is 0 Å². The molecule has 2 aromatic carbocycles. The maximum absolute atomic E-state index is 13.7. The molecule has 0 spiro atoms. The highest BCUT2D eigenvalue weighted by molar-refractivity contribution is 6.30. The molecule has 0 aromatic heterocycles. The highest BCUT2D eigenvalue weighted by Crippen LogP contribution is 2.24. The minimum absolute atomic E-state index is 0.00705. The lowest BCUT2D eigenvalue weighted by Crippen LogP contribution is -2.33. The monoisotopic (exact) mass is 360 g/mol. The summed E-state index contributed by atoms with van der Waals surface area (Å²) in [7, 11) is 0. The number of rotatable bonds is 4. The van der Waals surface area contributed by atoms with Crippen LogP contribution in [0.1, 0.15) is 32.7 Å². The van der Waals surface area contributed by atoms with Gasteiger partial charge in [0.1, 0.15) is 5.82 Å². The second kappa shape index (κ2) is 6.64. The van der Waals surface area contributed by atoms with E-state index in [9.17, 15) is 18.8 Å². The summed E-state index contributed by atoms with van der Waals surface area (Å²) in [6, 6.07) is 8.90. The molecule has 0 radical (unpaired) electrons. The van der Waals surface area contributed by atoms with Gasteiger partial charge in [0.15, 0.2) is 0 Å². The topological polar surface area (TPSA) is 66.5 Å². The average molecular weight is 361 g/mol. The number of nitrogens with zero attached hydrogens (tertiary/aromatic N) is 1. The van der Waals surface area contributed by atoms with Gasteiger partial charge in [-0.3, -0.25) is 19.3 Å². The van der Waals surface area contributed by atoms with Crippen LogP contribution in [0.25, 0.3) is 0 Å². The molecule has 0 saturated carbocycles. The smallest absolute Gasteiger partial charge is 0.261 e. The molecule has 5 nitrogen and oxygen atoms in total. The van der Waals surface area contributed by atoms with Crippen molar-refractivity contribution in [1.82, 2.24) is 4.90 Å². The summed E-state index contributed by atoms with van der Waals surface area (Å²) in [6.07, 6.45) is -0.132. The molecule has 2 aromatic rings. The van der Waals surface area contributed by atoms with E-state index in [1.807, 2.05) is 6.92 Å². The fourth-order valence-corrected chi connectivity index (χ4v) is 2.78. The van der Waals surface area contributed by atoms with Crippen molar-refractivity contribution in [3.63, 3.8) is 0 Å². The number of amides is 3. The predicted octanol–water partition coefficient (Wildman–Crippen LogP) is 3.41. The Kier molecular flexibility index (Phi) is 4.55. The molecule has 1 N–H and O–H groups in total. The largest absolute Gasteiger partial charge is 0.324 e. The summed E-state index contributed by atoms with van der Waals surface area (Å²) >= 11 is 5.65. The van der Waals surface area contributed by atoms with Crippen molar-refractivity contribution in [3.8, 4) is 0 Å². The second-order valence-corrected chi connectivity index (χ2v) is 6.17. The van der Waals surface area contributed by atoms with Crippen LogP contribution >= 0.6 is 11.6 Å². The van der Waals surface area contributed by atoms with Gasteiger partial charge in [0.2, 0.25) is 5.91 Å². The van der Waals surface area contributed by atoms with Gasteiger partial charge in [-0.1, -0.05) is 23.2 Å². The molecule has 0 saturated heterocycles. The number of hydrogen-bond acceptors (Lipinski definition) is 3. The van der Waals surface area contributed by atoms with Crippen molar-refractivity contribution in [2.24, 2.45) is 0 Å². The quantitative estimate of drug-likeness (QED) is 0.850. The highest BCUT2D eigenvalue weighted by atomic mass is 35.5. The Morgan fingerprint density at radius 3 is 2.56 bits per heavy atom. The molecule has 25 heavy (non-hydrogen) atoms. The molecule has 3 amide bonds. The van der Waals surface area contributed by atoms with Gasteiger partial charge in [-0.05, 0) is 37.3 Å². The molecule has 128 valence electrons. The summed E-state index contributed by atoms with van der Waals surface area (Å²) in [5.74, 6) is -2.01. The van der Waals surface area contributed by atoms with Gasteiger partial charge in [0, 0.05) is 18.0 Å². The lowest BCUT2D eigenvalue weighted by molar-refractivity contribution is -0.116. The van der Waals surface area contributed by atoms with Crippen LogP contribution in [-0.2, 0) is 4.79 Å².